The summed E-state index contributed by atoms with van der Waals surface area (Å²) in [5.41, 5.74) is 0. The molecule has 0 spiro atoms. The molecule has 0 heterocycles. The van der Waals surface area contributed by atoms with Crippen molar-refractivity contribution in [3.05, 3.63) is 6.92 Å². The van der Waals surface area contributed by atoms with Crippen LogP contribution in [0.3, 0.4) is 0 Å². The molecule has 0 saturated carbocycles. The molecule has 0 saturated heterocycles. The van der Waals surface area contributed by atoms with Crippen LogP contribution in [0.1, 0.15) is 90.4 Å². The van der Waals surface area contributed by atoms with Gasteiger partial charge in [-0.25, -0.2) is 0 Å². The lowest BCUT2D eigenvalue weighted by Crippen LogP contribution is -1.98. The molecule has 1 heteroatoms. The van der Waals surface area contributed by atoms with Crippen LogP contribution in [-0.4, -0.2) is 5.25 Å². The number of unbranched alkanes of at least 4 members (excludes halogenated alkanes) is 9. The fourth-order valence-corrected chi connectivity index (χ4v) is 2.58. The first-order chi connectivity index (χ1) is 8.31. The summed E-state index contributed by atoms with van der Waals surface area (Å²) < 4.78 is 0. The molecule has 0 fully saturated rings. The van der Waals surface area contributed by atoms with Crippen LogP contribution in [0.2, 0.25) is 0 Å². The molecule has 0 nitrogen and oxygen atoms in total. The van der Waals surface area contributed by atoms with Gasteiger partial charge >= 0.3 is 0 Å². The largest absolute Gasteiger partial charge is 0.176 e. The van der Waals surface area contributed by atoms with Crippen LogP contribution in [0.5, 0.6) is 0 Å². The van der Waals surface area contributed by atoms with E-state index < -0.39 is 0 Å². The first kappa shape index (κ1) is 17.4. The van der Waals surface area contributed by atoms with Crippen molar-refractivity contribution < 1.29 is 0 Å². The van der Waals surface area contributed by atoms with E-state index in [1.807, 2.05) is 0 Å². The van der Waals surface area contributed by atoms with Crippen molar-refractivity contribution in [2.75, 3.05) is 0 Å². The molecule has 0 N–H and O–H groups in total. The highest BCUT2D eigenvalue weighted by Gasteiger charge is 2.01. The summed E-state index contributed by atoms with van der Waals surface area (Å²) in [6.45, 7) is 6.16. The van der Waals surface area contributed by atoms with Gasteiger partial charge in [0.2, 0.25) is 0 Å². The summed E-state index contributed by atoms with van der Waals surface area (Å²) >= 11 is 4.62. The maximum atomic E-state index is 4.62. The highest BCUT2D eigenvalue weighted by atomic mass is 32.1. The molecule has 0 rings (SSSR count). The van der Waals surface area contributed by atoms with Crippen molar-refractivity contribution in [2.45, 2.75) is 95.6 Å². The lowest BCUT2D eigenvalue weighted by atomic mass is 10.0. The Morgan fingerprint density at radius 3 is 1.76 bits per heavy atom. The predicted molar refractivity (Wildman–Crippen MR) is 83.8 cm³/mol. The second-order valence-corrected chi connectivity index (χ2v) is 6.00. The molecule has 1 radical (unpaired) electrons. The lowest BCUT2D eigenvalue weighted by molar-refractivity contribution is 0.545. The third kappa shape index (κ3) is 14.3. The summed E-state index contributed by atoms with van der Waals surface area (Å²) in [6, 6.07) is 0. The molecule has 1 unspecified atom stereocenters. The molecule has 17 heavy (non-hydrogen) atoms. The maximum Gasteiger partial charge on any atom is 0.00168 e. The summed E-state index contributed by atoms with van der Waals surface area (Å²) in [5, 5.41) is 0.626. The summed E-state index contributed by atoms with van der Waals surface area (Å²) in [5.74, 6) is 0. The first-order valence-electron chi connectivity index (χ1n) is 7.78. The van der Waals surface area contributed by atoms with Gasteiger partial charge in [-0.2, -0.15) is 12.6 Å². The number of hydrogen-bond donors (Lipinski definition) is 1. The molecule has 0 bridgehead atoms. The third-order valence-electron chi connectivity index (χ3n) is 3.43. The van der Waals surface area contributed by atoms with Crippen molar-refractivity contribution >= 4 is 12.6 Å². The van der Waals surface area contributed by atoms with Crippen molar-refractivity contribution in [3.63, 3.8) is 0 Å². The van der Waals surface area contributed by atoms with Crippen molar-refractivity contribution in [1.82, 2.24) is 0 Å². The Balaban J connectivity index is 3.02. The van der Waals surface area contributed by atoms with Crippen molar-refractivity contribution in [3.8, 4) is 0 Å². The third-order valence-corrected chi connectivity index (χ3v) is 3.94. The summed E-state index contributed by atoms with van der Waals surface area (Å²) in [6.07, 6.45) is 17.7. The van der Waals surface area contributed by atoms with Crippen molar-refractivity contribution in [2.24, 2.45) is 0 Å². The standard InChI is InChI=1S/C16H33S/c1-3-5-7-8-9-10-11-12-13-15-16(17)14-6-4-2/h16-17H,2-15H2,1H3. The van der Waals surface area contributed by atoms with E-state index in [1.165, 1.54) is 77.0 Å². The number of rotatable bonds is 13. The lowest BCUT2D eigenvalue weighted by Gasteiger charge is -2.09. The molecule has 0 aliphatic heterocycles. The Bertz CT molecular complexity index is 133. The van der Waals surface area contributed by atoms with Gasteiger partial charge in [0.1, 0.15) is 0 Å². The van der Waals surface area contributed by atoms with Crippen LogP contribution in [0, 0.1) is 6.92 Å². The van der Waals surface area contributed by atoms with Gasteiger partial charge in [-0.15, -0.1) is 0 Å². The molecule has 103 valence electrons. The molecule has 1 atom stereocenters. The van der Waals surface area contributed by atoms with E-state index in [0.29, 0.717) is 5.25 Å². The molecule has 0 aromatic rings. The molecule has 0 amide bonds. The van der Waals surface area contributed by atoms with Gasteiger partial charge in [0.05, 0.1) is 0 Å². The molecular weight excluding hydrogens is 224 g/mol. The fraction of sp³-hybridized carbons (Fsp3) is 0.938. The average molecular weight is 258 g/mol. The SMILES string of the molecule is [CH2]CCCC(S)CCCCCCCCCCC. The van der Waals surface area contributed by atoms with Gasteiger partial charge in [-0.3, -0.25) is 0 Å². The number of hydrogen-bond acceptors (Lipinski definition) is 1. The Hall–Kier alpha value is 0.350. The molecular formula is C16H33S. The van der Waals surface area contributed by atoms with E-state index in [0.717, 1.165) is 6.42 Å². The van der Waals surface area contributed by atoms with Gasteiger partial charge in [-0.05, 0) is 12.8 Å². The fourth-order valence-electron chi connectivity index (χ4n) is 2.21. The zero-order valence-corrected chi connectivity index (χ0v) is 12.8. The minimum atomic E-state index is 0.626. The van der Waals surface area contributed by atoms with Crippen molar-refractivity contribution in [1.29, 1.82) is 0 Å². The predicted octanol–water partition coefficient (Wildman–Crippen LogP) is 6.21. The van der Waals surface area contributed by atoms with Crippen LogP contribution < -0.4 is 0 Å². The Labute approximate surface area is 115 Å². The Morgan fingerprint density at radius 1 is 0.765 bits per heavy atom. The first-order valence-corrected chi connectivity index (χ1v) is 8.30. The van der Waals surface area contributed by atoms with Gasteiger partial charge < -0.3 is 0 Å². The van der Waals surface area contributed by atoms with E-state index in [-0.39, 0.29) is 0 Å². The van der Waals surface area contributed by atoms with Crippen LogP contribution in [-0.2, 0) is 0 Å². The van der Waals surface area contributed by atoms with Crippen LogP contribution in [0.4, 0.5) is 0 Å². The minimum Gasteiger partial charge on any atom is -0.176 e. The highest BCUT2D eigenvalue weighted by Crippen LogP contribution is 2.16. The van der Waals surface area contributed by atoms with E-state index in [4.69, 9.17) is 0 Å². The monoisotopic (exact) mass is 257 g/mol. The molecule has 0 aromatic heterocycles. The maximum absolute atomic E-state index is 4.62. The zero-order chi connectivity index (χ0) is 12.8. The second kappa shape index (κ2) is 14.4. The van der Waals surface area contributed by atoms with Crippen LogP contribution in [0.25, 0.3) is 0 Å². The molecule has 0 aliphatic rings. The Kier molecular flexibility index (Phi) is 14.7. The second-order valence-electron chi connectivity index (χ2n) is 5.27. The van der Waals surface area contributed by atoms with E-state index in [1.54, 1.807) is 0 Å². The topological polar surface area (TPSA) is 0 Å². The van der Waals surface area contributed by atoms with E-state index in [2.05, 4.69) is 26.5 Å². The minimum absolute atomic E-state index is 0.626. The summed E-state index contributed by atoms with van der Waals surface area (Å²) in [7, 11) is 0. The van der Waals surface area contributed by atoms with Gasteiger partial charge in [0, 0.05) is 5.25 Å². The number of thiol groups is 1. The highest BCUT2D eigenvalue weighted by molar-refractivity contribution is 7.80. The van der Waals surface area contributed by atoms with E-state index >= 15 is 0 Å². The van der Waals surface area contributed by atoms with E-state index in [9.17, 15) is 0 Å². The quantitative estimate of drug-likeness (QED) is 0.294. The molecule has 0 aromatic carbocycles. The van der Waals surface area contributed by atoms with Crippen LogP contribution >= 0.6 is 12.6 Å². The normalized spacial score (nSPS) is 12.9. The van der Waals surface area contributed by atoms with Gasteiger partial charge in [-0.1, -0.05) is 84.5 Å². The average Bonchev–Trinajstić information content (AvgIpc) is 2.34. The van der Waals surface area contributed by atoms with Gasteiger partial charge in [0.25, 0.3) is 0 Å². The summed E-state index contributed by atoms with van der Waals surface area (Å²) in [4.78, 5) is 0. The van der Waals surface area contributed by atoms with Crippen LogP contribution in [0.15, 0.2) is 0 Å². The zero-order valence-electron chi connectivity index (χ0n) is 11.9. The Morgan fingerprint density at radius 2 is 1.24 bits per heavy atom. The van der Waals surface area contributed by atoms with Gasteiger partial charge in [0.15, 0.2) is 0 Å². The smallest absolute Gasteiger partial charge is 0.00168 e. The molecule has 0 aliphatic carbocycles.